The number of nitrogens with one attached hydrogen (secondary N) is 2. The number of anilines is 1. The van der Waals surface area contributed by atoms with Crippen molar-refractivity contribution in [1.82, 2.24) is 5.32 Å². The molecule has 0 saturated heterocycles. The van der Waals surface area contributed by atoms with Crippen LogP contribution in [0.3, 0.4) is 0 Å². The first kappa shape index (κ1) is 16.0. The topological polar surface area (TPSA) is 58.2 Å². The third-order valence-corrected chi connectivity index (χ3v) is 3.34. The molecule has 0 bridgehead atoms. The Morgan fingerprint density at radius 2 is 1.68 bits per heavy atom. The fourth-order valence-electron chi connectivity index (χ4n) is 1.79. The van der Waals surface area contributed by atoms with E-state index in [1.54, 1.807) is 30.3 Å². The van der Waals surface area contributed by atoms with Gasteiger partial charge >= 0.3 is 0 Å². The van der Waals surface area contributed by atoms with E-state index < -0.39 is 23.0 Å². The minimum atomic E-state index is -0.887. The molecule has 0 heterocycles. The van der Waals surface area contributed by atoms with Crippen LogP contribution in [0.25, 0.3) is 0 Å². The molecule has 0 spiro atoms. The van der Waals surface area contributed by atoms with Crippen LogP contribution >= 0.6 is 11.6 Å². The van der Waals surface area contributed by atoms with E-state index in [0.29, 0.717) is 5.56 Å². The zero-order valence-corrected chi connectivity index (χ0v) is 12.3. The normalized spacial score (nSPS) is 11.5. The Kier molecular flexibility index (Phi) is 5.49. The molecule has 22 heavy (non-hydrogen) atoms. The molecule has 2 rings (SSSR count). The summed E-state index contributed by atoms with van der Waals surface area (Å²) in [6.07, 6.45) is 0. The van der Waals surface area contributed by atoms with E-state index >= 15 is 0 Å². The molecule has 2 aromatic rings. The number of carbonyl (C=O) groups excluding carboxylic acids is 2. The maximum absolute atomic E-state index is 13.4. The largest absolute Gasteiger partial charge is 0.345 e. The number of carbonyl (C=O) groups is 2. The Morgan fingerprint density at radius 1 is 1.05 bits per heavy atom. The molecule has 4 nitrogen and oxygen atoms in total. The molecule has 0 saturated carbocycles. The highest BCUT2D eigenvalue weighted by Gasteiger charge is 2.18. The van der Waals surface area contributed by atoms with Crippen molar-refractivity contribution in [3.63, 3.8) is 0 Å². The Balaban J connectivity index is 1.86. The number of hydrogen-bond donors (Lipinski definition) is 2. The van der Waals surface area contributed by atoms with E-state index in [2.05, 4.69) is 10.6 Å². The number of amides is 2. The summed E-state index contributed by atoms with van der Waals surface area (Å²) in [6.45, 7) is -0.288. The maximum atomic E-state index is 13.4. The molecule has 1 atom stereocenters. The van der Waals surface area contributed by atoms with Gasteiger partial charge in [0.25, 0.3) is 0 Å². The summed E-state index contributed by atoms with van der Waals surface area (Å²) in [5.74, 6) is -1.56. The van der Waals surface area contributed by atoms with E-state index in [1.165, 1.54) is 18.2 Å². The third-order valence-electron chi connectivity index (χ3n) is 2.89. The highest BCUT2D eigenvalue weighted by atomic mass is 35.5. The molecule has 0 aliphatic heterocycles. The zero-order valence-electron chi connectivity index (χ0n) is 11.6. The van der Waals surface area contributed by atoms with Gasteiger partial charge < -0.3 is 10.6 Å². The minimum Gasteiger partial charge on any atom is -0.345 e. The molecule has 114 valence electrons. The van der Waals surface area contributed by atoms with E-state index in [0.717, 1.165) is 0 Å². The Hall–Kier alpha value is -2.40. The zero-order chi connectivity index (χ0) is 15.9. The van der Waals surface area contributed by atoms with Gasteiger partial charge in [0.1, 0.15) is 11.2 Å². The van der Waals surface area contributed by atoms with Crippen molar-refractivity contribution in [2.75, 3.05) is 11.9 Å². The SMILES string of the molecule is O=C(CNC(=O)C(Cl)c1ccccc1)Nc1ccccc1F. The molecule has 0 fully saturated rings. The number of hydrogen-bond acceptors (Lipinski definition) is 2. The molecule has 0 aliphatic carbocycles. The molecule has 6 heteroatoms. The Bertz CT molecular complexity index is 664. The second-order valence-electron chi connectivity index (χ2n) is 4.52. The molecule has 0 radical (unpaired) electrons. The van der Waals surface area contributed by atoms with Crippen LogP contribution in [0.15, 0.2) is 54.6 Å². The quantitative estimate of drug-likeness (QED) is 0.832. The smallest absolute Gasteiger partial charge is 0.243 e. The van der Waals surface area contributed by atoms with Crippen LogP contribution in [0.2, 0.25) is 0 Å². The summed E-state index contributed by atoms with van der Waals surface area (Å²) < 4.78 is 13.4. The van der Waals surface area contributed by atoms with Crippen LogP contribution in [0, 0.1) is 5.82 Å². The monoisotopic (exact) mass is 320 g/mol. The summed E-state index contributed by atoms with van der Waals surface area (Å²) >= 11 is 6.02. The van der Waals surface area contributed by atoms with Crippen LogP contribution in [-0.2, 0) is 9.59 Å². The molecule has 2 aromatic carbocycles. The van der Waals surface area contributed by atoms with Gasteiger partial charge in [0.15, 0.2) is 0 Å². The molecule has 2 N–H and O–H groups in total. The van der Waals surface area contributed by atoms with Crippen molar-refractivity contribution in [1.29, 1.82) is 0 Å². The van der Waals surface area contributed by atoms with Crippen molar-refractivity contribution >= 4 is 29.1 Å². The van der Waals surface area contributed by atoms with Crippen molar-refractivity contribution in [2.24, 2.45) is 0 Å². The lowest BCUT2D eigenvalue weighted by atomic mass is 10.1. The first-order valence-corrected chi connectivity index (χ1v) is 7.02. The van der Waals surface area contributed by atoms with Crippen molar-refractivity contribution in [3.8, 4) is 0 Å². The average Bonchev–Trinajstić information content (AvgIpc) is 2.55. The van der Waals surface area contributed by atoms with Gasteiger partial charge in [-0.05, 0) is 17.7 Å². The highest BCUT2D eigenvalue weighted by Crippen LogP contribution is 2.19. The molecular weight excluding hydrogens is 307 g/mol. The van der Waals surface area contributed by atoms with Gasteiger partial charge in [-0.25, -0.2) is 4.39 Å². The molecule has 0 aliphatic rings. The van der Waals surface area contributed by atoms with Crippen LogP contribution < -0.4 is 10.6 Å². The van der Waals surface area contributed by atoms with Crippen molar-refractivity contribution in [2.45, 2.75) is 5.38 Å². The third kappa shape index (κ3) is 4.30. The van der Waals surface area contributed by atoms with Crippen LogP contribution in [-0.4, -0.2) is 18.4 Å². The predicted molar refractivity (Wildman–Crippen MR) is 83.1 cm³/mol. The minimum absolute atomic E-state index is 0.0623. The van der Waals surface area contributed by atoms with Gasteiger partial charge in [-0.1, -0.05) is 42.5 Å². The van der Waals surface area contributed by atoms with Gasteiger partial charge in [0.2, 0.25) is 11.8 Å². The summed E-state index contributed by atoms with van der Waals surface area (Å²) in [7, 11) is 0. The van der Waals surface area contributed by atoms with E-state index in [9.17, 15) is 14.0 Å². The number of halogens is 2. The molecular formula is C16H14ClFN2O2. The lowest BCUT2D eigenvalue weighted by molar-refractivity contribution is -0.124. The summed E-state index contributed by atoms with van der Waals surface area (Å²) in [5, 5.41) is 3.90. The Morgan fingerprint density at radius 3 is 2.36 bits per heavy atom. The summed E-state index contributed by atoms with van der Waals surface area (Å²) in [5.41, 5.74) is 0.698. The molecule has 1 unspecified atom stereocenters. The fraction of sp³-hybridized carbons (Fsp3) is 0.125. The summed E-state index contributed by atoms with van der Waals surface area (Å²) in [4.78, 5) is 23.6. The molecule has 0 aromatic heterocycles. The van der Waals surface area contributed by atoms with Crippen molar-refractivity contribution in [3.05, 3.63) is 66.0 Å². The highest BCUT2D eigenvalue weighted by molar-refractivity contribution is 6.30. The predicted octanol–water partition coefficient (Wildman–Crippen LogP) is 2.86. The van der Waals surface area contributed by atoms with E-state index in [-0.39, 0.29) is 12.2 Å². The van der Waals surface area contributed by atoms with Crippen molar-refractivity contribution < 1.29 is 14.0 Å². The first-order valence-electron chi connectivity index (χ1n) is 6.59. The average molecular weight is 321 g/mol. The van der Waals surface area contributed by atoms with Gasteiger partial charge in [0, 0.05) is 0 Å². The second kappa shape index (κ2) is 7.56. The fourth-order valence-corrected chi connectivity index (χ4v) is 2.01. The van der Waals surface area contributed by atoms with Crippen LogP contribution in [0.1, 0.15) is 10.9 Å². The van der Waals surface area contributed by atoms with E-state index in [4.69, 9.17) is 11.6 Å². The Labute approximate surface area is 132 Å². The number of rotatable bonds is 5. The second-order valence-corrected chi connectivity index (χ2v) is 4.96. The van der Waals surface area contributed by atoms with Crippen LogP contribution in [0.5, 0.6) is 0 Å². The van der Waals surface area contributed by atoms with Gasteiger partial charge in [0.05, 0.1) is 12.2 Å². The number of benzene rings is 2. The van der Waals surface area contributed by atoms with E-state index in [1.807, 2.05) is 6.07 Å². The lowest BCUT2D eigenvalue weighted by Crippen LogP contribution is -2.34. The summed E-state index contributed by atoms with van der Waals surface area (Å²) in [6, 6.07) is 14.6. The van der Waals surface area contributed by atoms with Gasteiger partial charge in [-0.2, -0.15) is 0 Å². The lowest BCUT2D eigenvalue weighted by Gasteiger charge is -2.11. The maximum Gasteiger partial charge on any atom is 0.243 e. The number of alkyl halides is 1. The standard InChI is InChI=1S/C16H14ClFN2O2/c17-15(11-6-2-1-3-7-11)16(22)19-10-14(21)20-13-9-5-4-8-12(13)18/h1-9,15H,10H2,(H,19,22)(H,20,21). The van der Waals surface area contributed by atoms with Gasteiger partial charge in [-0.15, -0.1) is 11.6 Å². The van der Waals surface area contributed by atoms with Gasteiger partial charge in [-0.3, -0.25) is 9.59 Å². The first-order chi connectivity index (χ1) is 10.6. The molecule has 2 amide bonds. The number of para-hydroxylation sites is 1. The van der Waals surface area contributed by atoms with Crippen LogP contribution in [0.4, 0.5) is 10.1 Å².